The van der Waals surface area contributed by atoms with Gasteiger partial charge >= 0.3 is 5.97 Å². The molecule has 0 spiro atoms. The summed E-state index contributed by atoms with van der Waals surface area (Å²) in [6.07, 6.45) is 8.70. The van der Waals surface area contributed by atoms with Crippen LogP contribution >= 0.6 is 0 Å². The highest BCUT2D eigenvalue weighted by Crippen LogP contribution is 2.31. The molecular formula is C21H30O4. The fourth-order valence-corrected chi connectivity index (χ4v) is 2.63. The van der Waals surface area contributed by atoms with E-state index in [9.17, 15) is 15.0 Å². The van der Waals surface area contributed by atoms with Crippen molar-refractivity contribution in [3.8, 4) is 11.5 Å². The number of hydrogen-bond donors (Lipinski definition) is 3. The molecule has 3 N–H and O–H groups in total. The van der Waals surface area contributed by atoms with Crippen LogP contribution < -0.4 is 0 Å². The summed E-state index contributed by atoms with van der Waals surface area (Å²) in [6, 6.07) is 3.40. The first-order valence-electron chi connectivity index (χ1n) is 8.90. The van der Waals surface area contributed by atoms with E-state index in [1.807, 2.05) is 19.9 Å². The second-order valence-electron chi connectivity index (χ2n) is 6.69. The average Bonchev–Trinajstić information content (AvgIpc) is 2.51. The maximum absolute atomic E-state index is 11.0. The molecule has 0 saturated carbocycles. The number of benzene rings is 1. The number of aliphatic carboxylic acids is 1. The summed E-state index contributed by atoms with van der Waals surface area (Å²) in [5, 5.41) is 29.5. The highest BCUT2D eigenvalue weighted by atomic mass is 16.4. The lowest BCUT2D eigenvalue weighted by Gasteiger charge is -2.10. The average molecular weight is 346 g/mol. The second-order valence-corrected chi connectivity index (χ2v) is 6.69. The topological polar surface area (TPSA) is 77.8 Å². The second kappa shape index (κ2) is 10.6. The van der Waals surface area contributed by atoms with E-state index in [2.05, 4.69) is 6.92 Å². The van der Waals surface area contributed by atoms with Crippen LogP contribution in [-0.2, 0) is 17.6 Å². The van der Waals surface area contributed by atoms with Gasteiger partial charge in [0.15, 0.2) is 0 Å². The summed E-state index contributed by atoms with van der Waals surface area (Å²) in [7, 11) is 0. The number of unbranched alkanes of at least 4 members (excludes halogenated alkanes) is 2. The van der Waals surface area contributed by atoms with Crippen LogP contribution in [0, 0.1) is 0 Å². The van der Waals surface area contributed by atoms with Crippen LogP contribution in [-0.4, -0.2) is 21.3 Å². The molecule has 1 aromatic rings. The Morgan fingerprint density at radius 3 is 2.24 bits per heavy atom. The van der Waals surface area contributed by atoms with Crippen molar-refractivity contribution in [2.75, 3.05) is 0 Å². The Balaban J connectivity index is 2.91. The molecule has 0 bridgehead atoms. The number of phenols is 2. The summed E-state index contributed by atoms with van der Waals surface area (Å²) in [5.74, 6) is -0.743. The Kier molecular flexibility index (Phi) is 8.82. The van der Waals surface area contributed by atoms with Crippen molar-refractivity contribution in [3.63, 3.8) is 0 Å². The number of carboxylic acids is 1. The highest BCUT2D eigenvalue weighted by molar-refractivity contribution is 5.70. The molecule has 0 aliphatic rings. The standard InChI is InChI=1S/C21H30O4/c1-4-5-6-7-17-12-19(22)18(20(23)13-17)11-10-16(14-21(24)25)9-8-15(2)3/h8,10,12-13,22-23H,4-7,9,11,14H2,1-3H3,(H,24,25)/b16-10+. The summed E-state index contributed by atoms with van der Waals surface area (Å²) in [4.78, 5) is 11.0. The van der Waals surface area contributed by atoms with E-state index >= 15 is 0 Å². The number of aromatic hydroxyl groups is 2. The van der Waals surface area contributed by atoms with Crippen molar-refractivity contribution in [2.24, 2.45) is 0 Å². The Morgan fingerprint density at radius 2 is 1.72 bits per heavy atom. The number of rotatable bonds is 10. The normalized spacial score (nSPS) is 11.4. The quantitative estimate of drug-likeness (QED) is 0.405. The first kappa shape index (κ1) is 20.8. The minimum Gasteiger partial charge on any atom is -0.508 e. The predicted octanol–water partition coefficient (Wildman–Crippen LogP) is 5.13. The third-order valence-corrected chi connectivity index (χ3v) is 4.08. The van der Waals surface area contributed by atoms with E-state index in [1.54, 1.807) is 18.2 Å². The van der Waals surface area contributed by atoms with E-state index < -0.39 is 5.97 Å². The van der Waals surface area contributed by atoms with Crippen molar-refractivity contribution >= 4 is 5.97 Å². The summed E-state index contributed by atoms with van der Waals surface area (Å²) in [6.45, 7) is 6.06. The minimum atomic E-state index is -0.881. The Hall–Kier alpha value is -2.23. The van der Waals surface area contributed by atoms with Gasteiger partial charge in [0.2, 0.25) is 0 Å². The Morgan fingerprint density at radius 1 is 1.08 bits per heavy atom. The molecule has 0 aliphatic heterocycles. The van der Waals surface area contributed by atoms with Gasteiger partial charge in [-0.15, -0.1) is 0 Å². The molecule has 0 aliphatic carbocycles. The van der Waals surface area contributed by atoms with Crippen molar-refractivity contribution in [3.05, 3.63) is 46.6 Å². The summed E-state index contributed by atoms with van der Waals surface area (Å²) < 4.78 is 0. The molecule has 0 amide bonds. The fraction of sp³-hybridized carbons (Fsp3) is 0.476. The molecule has 0 radical (unpaired) electrons. The lowest BCUT2D eigenvalue weighted by atomic mass is 9.99. The Labute approximate surface area is 150 Å². The maximum Gasteiger partial charge on any atom is 0.307 e. The van der Waals surface area contributed by atoms with E-state index in [-0.39, 0.29) is 17.9 Å². The first-order chi connectivity index (χ1) is 11.8. The number of allylic oxidation sites excluding steroid dienone is 3. The van der Waals surface area contributed by atoms with Crippen LogP contribution in [0.4, 0.5) is 0 Å². The molecule has 0 aromatic heterocycles. The third-order valence-electron chi connectivity index (χ3n) is 4.08. The minimum absolute atomic E-state index is 0.0413. The molecule has 4 nitrogen and oxygen atoms in total. The molecule has 1 aromatic carbocycles. The van der Waals surface area contributed by atoms with Gasteiger partial charge < -0.3 is 15.3 Å². The highest BCUT2D eigenvalue weighted by Gasteiger charge is 2.10. The molecule has 4 heteroatoms. The molecule has 138 valence electrons. The first-order valence-corrected chi connectivity index (χ1v) is 8.90. The molecule has 0 heterocycles. The van der Waals surface area contributed by atoms with Crippen LogP contribution in [0.25, 0.3) is 0 Å². The molecule has 25 heavy (non-hydrogen) atoms. The zero-order valence-electron chi connectivity index (χ0n) is 15.5. The van der Waals surface area contributed by atoms with Gasteiger partial charge in [-0.3, -0.25) is 4.79 Å². The van der Waals surface area contributed by atoms with E-state index in [0.717, 1.165) is 42.4 Å². The van der Waals surface area contributed by atoms with Crippen molar-refractivity contribution in [2.45, 2.75) is 65.7 Å². The molecule has 0 fully saturated rings. The van der Waals surface area contributed by atoms with Crippen LogP contribution in [0.5, 0.6) is 11.5 Å². The van der Waals surface area contributed by atoms with Crippen molar-refractivity contribution < 1.29 is 20.1 Å². The predicted molar refractivity (Wildman–Crippen MR) is 101 cm³/mol. The van der Waals surface area contributed by atoms with Gasteiger partial charge in [-0.1, -0.05) is 43.1 Å². The monoisotopic (exact) mass is 346 g/mol. The van der Waals surface area contributed by atoms with E-state index in [4.69, 9.17) is 5.11 Å². The number of hydrogen-bond acceptors (Lipinski definition) is 3. The molecule has 0 unspecified atom stereocenters. The number of aryl methyl sites for hydroxylation is 1. The van der Waals surface area contributed by atoms with Gasteiger partial charge in [0.05, 0.1) is 6.42 Å². The number of carboxylic acid groups (broad SMARTS) is 1. The molecule has 0 atom stereocenters. The SMILES string of the molecule is CCCCCc1cc(O)c(C/C=C(\CC=C(C)C)CC(=O)O)c(O)c1. The van der Waals surface area contributed by atoms with Gasteiger partial charge in [0.25, 0.3) is 0 Å². The van der Waals surface area contributed by atoms with Gasteiger partial charge in [-0.2, -0.15) is 0 Å². The Bertz CT molecular complexity index is 614. The zero-order valence-corrected chi connectivity index (χ0v) is 15.5. The van der Waals surface area contributed by atoms with Crippen LogP contribution in [0.1, 0.15) is 64.0 Å². The van der Waals surface area contributed by atoms with E-state index in [0.29, 0.717) is 18.4 Å². The van der Waals surface area contributed by atoms with Crippen LogP contribution in [0.3, 0.4) is 0 Å². The molecule has 0 saturated heterocycles. The fourth-order valence-electron chi connectivity index (χ4n) is 2.63. The summed E-state index contributed by atoms with van der Waals surface area (Å²) >= 11 is 0. The van der Waals surface area contributed by atoms with Crippen LogP contribution in [0.15, 0.2) is 35.4 Å². The van der Waals surface area contributed by atoms with Gasteiger partial charge in [-0.25, -0.2) is 0 Å². The van der Waals surface area contributed by atoms with Gasteiger partial charge in [0, 0.05) is 5.56 Å². The van der Waals surface area contributed by atoms with E-state index in [1.165, 1.54) is 0 Å². The third kappa shape index (κ3) is 7.92. The number of carbonyl (C=O) groups is 1. The maximum atomic E-state index is 11.0. The molecule has 1 rings (SSSR count). The summed E-state index contributed by atoms with van der Waals surface area (Å²) in [5.41, 5.74) is 3.25. The lowest BCUT2D eigenvalue weighted by Crippen LogP contribution is -1.98. The number of phenolic OH excluding ortho intramolecular Hbond substituents is 2. The zero-order chi connectivity index (χ0) is 18.8. The smallest absolute Gasteiger partial charge is 0.307 e. The van der Waals surface area contributed by atoms with Crippen molar-refractivity contribution in [1.29, 1.82) is 0 Å². The van der Waals surface area contributed by atoms with Crippen molar-refractivity contribution in [1.82, 2.24) is 0 Å². The molecular weight excluding hydrogens is 316 g/mol. The van der Waals surface area contributed by atoms with Crippen LogP contribution in [0.2, 0.25) is 0 Å². The van der Waals surface area contributed by atoms with Gasteiger partial charge in [-0.05, 0) is 57.2 Å². The lowest BCUT2D eigenvalue weighted by molar-refractivity contribution is -0.136. The largest absolute Gasteiger partial charge is 0.508 e. The van der Waals surface area contributed by atoms with Gasteiger partial charge in [0.1, 0.15) is 11.5 Å².